The largest absolute Gasteiger partial charge is 0.484 e. The fraction of sp³-hybridized carbons (Fsp3) is 0.0769. The van der Waals surface area contributed by atoms with Gasteiger partial charge in [-0.15, -0.1) is 0 Å². The van der Waals surface area contributed by atoms with Gasteiger partial charge in [0.15, 0.2) is 6.61 Å². The van der Waals surface area contributed by atoms with E-state index in [0.717, 1.165) is 5.56 Å². The predicted molar refractivity (Wildman–Crippen MR) is 76.0 cm³/mol. The molecule has 0 bridgehead atoms. The van der Waals surface area contributed by atoms with Crippen LogP contribution in [0.4, 0.5) is 4.39 Å². The summed E-state index contributed by atoms with van der Waals surface area (Å²) < 4.78 is 24.1. The summed E-state index contributed by atoms with van der Waals surface area (Å²) in [4.78, 5) is 4.23. The Morgan fingerprint density at radius 2 is 2.25 bits per heavy atom. The van der Waals surface area contributed by atoms with Crippen molar-refractivity contribution < 1.29 is 13.7 Å². The number of hydrogen-bond donors (Lipinski definition) is 0. The van der Waals surface area contributed by atoms with E-state index in [-0.39, 0.29) is 12.4 Å². The van der Waals surface area contributed by atoms with Crippen LogP contribution in [0, 0.1) is 5.82 Å². The number of ether oxygens (including phenoxy) is 1. The molecule has 0 N–H and O–H groups in total. The quantitative estimate of drug-likeness (QED) is 0.701. The molecule has 0 aliphatic rings. The van der Waals surface area contributed by atoms with Gasteiger partial charge < -0.3 is 9.26 Å². The van der Waals surface area contributed by atoms with Crippen LogP contribution in [0.5, 0.6) is 5.75 Å². The SMILES string of the molecule is Fc1ccc(OCc2noc(-c3ccsc3)n2)c(Br)c1. The van der Waals surface area contributed by atoms with Crippen LogP contribution in [-0.4, -0.2) is 10.1 Å². The van der Waals surface area contributed by atoms with E-state index in [1.807, 2.05) is 16.8 Å². The van der Waals surface area contributed by atoms with E-state index in [9.17, 15) is 4.39 Å². The smallest absolute Gasteiger partial charge is 0.258 e. The molecule has 0 saturated carbocycles. The van der Waals surface area contributed by atoms with E-state index in [0.29, 0.717) is 21.9 Å². The van der Waals surface area contributed by atoms with Crippen LogP contribution in [0.2, 0.25) is 0 Å². The molecule has 102 valence electrons. The molecule has 0 aliphatic carbocycles. The molecule has 20 heavy (non-hydrogen) atoms. The summed E-state index contributed by atoms with van der Waals surface area (Å²) in [6.45, 7) is 0.151. The van der Waals surface area contributed by atoms with Crippen LogP contribution >= 0.6 is 27.3 Å². The highest BCUT2D eigenvalue weighted by molar-refractivity contribution is 9.10. The molecule has 3 rings (SSSR count). The van der Waals surface area contributed by atoms with Crippen molar-refractivity contribution in [2.75, 3.05) is 0 Å². The van der Waals surface area contributed by atoms with Crippen LogP contribution in [0.1, 0.15) is 5.82 Å². The predicted octanol–water partition coefficient (Wildman–Crippen LogP) is 4.28. The number of benzene rings is 1. The molecule has 7 heteroatoms. The van der Waals surface area contributed by atoms with Crippen molar-refractivity contribution >= 4 is 27.3 Å². The maximum absolute atomic E-state index is 12.9. The van der Waals surface area contributed by atoms with Gasteiger partial charge in [-0.25, -0.2) is 4.39 Å². The summed E-state index contributed by atoms with van der Waals surface area (Å²) in [6.07, 6.45) is 0. The fourth-order valence-electron chi connectivity index (χ4n) is 1.55. The summed E-state index contributed by atoms with van der Waals surface area (Å²) >= 11 is 4.79. The zero-order chi connectivity index (χ0) is 13.9. The lowest BCUT2D eigenvalue weighted by Gasteiger charge is -2.05. The van der Waals surface area contributed by atoms with Gasteiger partial charge in [-0.1, -0.05) is 5.16 Å². The third kappa shape index (κ3) is 2.88. The van der Waals surface area contributed by atoms with Gasteiger partial charge in [0.1, 0.15) is 11.6 Å². The summed E-state index contributed by atoms with van der Waals surface area (Å²) in [5.74, 6) is 1.09. The van der Waals surface area contributed by atoms with Gasteiger partial charge in [-0.3, -0.25) is 0 Å². The highest BCUT2D eigenvalue weighted by Gasteiger charge is 2.10. The average molecular weight is 355 g/mol. The first-order valence-electron chi connectivity index (χ1n) is 5.65. The van der Waals surface area contributed by atoms with Crippen molar-refractivity contribution in [3.63, 3.8) is 0 Å². The van der Waals surface area contributed by atoms with Crippen LogP contribution < -0.4 is 4.74 Å². The van der Waals surface area contributed by atoms with Crippen molar-refractivity contribution in [3.05, 3.63) is 51.1 Å². The first-order valence-corrected chi connectivity index (χ1v) is 7.39. The second-order valence-corrected chi connectivity index (χ2v) is 5.53. The van der Waals surface area contributed by atoms with Crippen molar-refractivity contribution in [2.24, 2.45) is 0 Å². The lowest BCUT2D eigenvalue weighted by Crippen LogP contribution is -1.98. The number of thiophene rings is 1. The first kappa shape index (κ1) is 13.3. The molecule has 0 amide bonds. The Kier molecular flexibility index (Phi) is 3.79. The minimum atomic E-state index is -0.330. The molecular weight excluding hydrogens is 347 g/mol. The highest BCUT2D eigenvalue weighted by atomic mass is 79.9. The third-order valence-corrected chi connectivity index (χ3v) is 3.79. The van der Waals surface area contributed by atoms with Crippen molar-refractivity contribution in [2.45, 2.75) is 6.61 Å². The number of halogens is 2. The molecular formula is C13H8BrFN2O2S. The Balaban J connectivity index is 1.70. The molecule has 0 fully saturated rings. The Labute approximate surface area is 126 Å². The van der Waals surface area contributed by atoms with E-state index in [2.05, 4.69) is 26.1 Å². The topological polar surface area (TPSA) is 48.2 Å². The summed E-state index contributed by atoms with van der Waals surface area (Å²) in [6, 6.07) is 6.11. The van der Waals surface area contributed by atoms with E-state index in [1.54, 1.807) is 17.4 Å². The van der Waals surface area contributed by atoms with Gasteiger partial charge in [-0.05, 0) is 45.6 Å². The summed E-state index contributed by atoms with van der Waals surface area (Å²) in [5, 5.41) is 7.70. The fourth-order valence-corrected chi connectivity index (χ4v) is 2.65. The molecule has 3 aromatic rings. The first-order chi connectivity index (χ1) is 9.72. The maximum atomic E-state index is 12.9. The number of aromatic nitrogens is 2. The molecule has 2 heterocycles. The van der Waals surface area contributed by atoms with Gasteiger partial charge in [0.25, 0.3) is 5.89 Å². The standard InChI is InChI=1S/C13H8BrFN2O2S/c14-10-5-9(15)1-2-11(10)18-6-12-16-13(19-17-12)8-3-4-20-7-8/h1-5,7H,6H2. The Hall–Kier alpha value is -1.73. The van der Waals surface area contributed by atoms with Gasteiger partial charge in [0.05, 0.1) is 10.0 Å². The van der Waals surface area contributed by atoms with Crippen LogP contribution in [0.15, 0.2) is 44.0 Å². The number of hydrogen-bond acceptors (Lipinski definition) is 5. The second kappa shape index (κ2) is 5.72. The zero-order valence-corrected chi connectivity index (χ0v) is 12.4. The van der Waals surface area contributed by atoms with E-state index >= 15 is 0 Å². The molecule has 0 aliphatic heterocycles. The van der Waals surface area contributed by atoms with Gasteiger partial charge >= 0.3 is 0 Å². The van der Waals surface area contributed by atoms with E-state index < -0.39 is 0 Å². The molecule has 4 nitrogen and oxygen atoms in total. The van der Waals surface area contributed by atoms with Crippen molar-refractivity contribution in [3.8, 4) is 17.2 Å². The molecule has 1 aromatic carbocycles. The van der Waals surface area contributed by atoms with E-state index in [4.69, 9.17) is 9.26 Å². The molecule has 0 radical (unpaired) electrons. The van der Waals surface area contributed by atoms with Crippen LogP contribution in [0.3, 0.4) is 0 Å². The van der Waals surface area contributed by atoms with Crippen molar-refractivity contribution in [1.29, 1.82) is 0 Å². The van der Waals surface area contributed by atoms with Gasteiger partial charge in [0.2, 0.25) is 5.82 Å². The molecule has 0 unspecified atom stereocenters. The monoisotopic (exact) mass is 354 g/mol. The summed E-state index contributed by atoms with van der Waals surface area (Å²) in [7, 11) is 0. The lowest BCUT2D eigenvalue weighted by molar-refractivity contribution is 0.285. The van der Waals surface area contributed by atoms with Crippen molar-refractivity contribution in [1.82, 2.24) is 10.1 Å². The minimum Gasteiger partial charge on any atom is -0.484 e. The Morgan fingerprint density at radius 1 is 1.35 bits per heavy atom. The van der Waals surface area contributed by atoms with Crippen LogP contribution in [0.25, 0.3) is 11.5 Å². The number of rotatable bonds is 4. The highest BCUT2D eigenvalue weighted by Crippen LogP contribution is 2.26. The second-order valence-electron chi connectivity index (χ2n) is 3.89. The zero-order valence-electron chi connectivity index (χ0n) is 10.0. The lowest BCUT2D eigenvalue weighted by atomic mass is 10.3. The van der Waals surface area contributed by atoms with Gasteiger partial charge in [-0.2, -0.15) is 16.3 Å². The molecule has 0 spiro atoms. The third-order valence-electron chi connectivity index (χ3n) is 2.49. The van der Waals surface area contributed by atoms with Gasteiger partial charge in [0, 0.05) is 5.38 Å². The molecule has 2 aromatic heterocycles. The number of nitrogens with zero attached hydrogens (tertiary/aromatic N) is 2. The normalized spacial score (nSPS) is 10.7. The van der Waals surface area contributed by atoms with Crippen LogP contribution in [-0.2, 0) is 6.61 Å². The molecule has 0 atom stereocenters. The Bertz CT molecular complexity index is 715. The maximum Gasteiger partial charge on any atom is 0.258 e. The minimum absolute atomic E-state index is 0.151. The summed E-state index contributed by atoms with van der Waals surface area (Å²) in [5.41, 5.74) is 0.886. The molecule has 0 saturated heterocycles. The average Bonchev–Trinajstić information content (AvgIpc) is 3.08. The van der Waals surface area contributed by atoms with E-state index in [1.165, 1.54) is 12.1 Å². The Morgan fingerprint density at radius 3 is 3.00 bits per heavy atom.